The van der Waals surface area contributed by atoms with Crippen molar-refractivity contribution in [2.75, 3.05) is 6.54 Å². The van der Waals surface area contributed by atoms with Crippen molar-refractivity contribution in [2.24, 2.45) is 0 Å². The fourth-order valence-corrected chi connectivity index (χ4v) is 3.94. The Labute approximate surface area is 171 Å². The number of aromatic nitrogens is 3. The molecule has 1 atom stereocenters. The quantitative estimate of drug-likeness (QED) is 0.579. The molecule has 150 valence electrons. The van der Waals surface area contributed by atoms with Crippen LogP contribution in [0.1, 0.15) is 43.5 Å². The standard InChI is InChI=1S/C23H26N4O2/c28-22(13-6-10-18-8-2-1-3-9-18)27-17-7-11-19(27)14-15-21-25-23(29-26-21)20-12-4-5-16-24-20/h1-5,8-9,12,16,19H,6-7,10-11,13-15,17H2. The maximum atomic E-state index is 12.7. The Kier molecular flexibility index (Phi) is 6.29. The van der Waals surface area contributed by atoms with Crippen molar-refractivity contribution in [2.45, 2.75) is 51.0 Å². The van der Waals surface area contributed by atoms with Crippen LogP contribution >= 0.6 is 0 Å². The highest BCUT2D eigenvalue weighted by Crippen LogP contribution is 2.23. The Morgan fingerprint density at radius 1 is 1.10 bits per heavy atom. The molecule has 1 saturated heterocycles. The van der Waals surface area contributed by atoms with Gasteiger partial charge >= 0.3 is 0 Å². The lowest BCUT2D eigenvalue weighted by molar-refractivity contribution is -0.132. The van der Waals surface area contributed by atoms with Gasteiger partial charge in [-0.15, -0.1) is 0 Å². The van der Waals surface area contributed by atoms with Crippen LogP contribution in [0, 0.1) is 0 Å². The van der Waals surface area contributed by atoms with Crippen LogP contribution in [0.15, 0.2) is 59.3 Å². The molecular weight excluding hydrogens is 364 g/mol. The first kappa shape index (κ1) is 19.3. The normalized spacial score (nSPS) is 16.3. The largest absolute Gasteiger partial charge is 0.340 e. The maximum Gasteiger partial charge on any atom is 0.276 e. The highest BCUT2D eigenvalue weighted by atomic mass is 16.5. The molecule has 3 aromatic rings. The Balaban J connectivity index is 1.26. The number of likely N-dealkylation sites (tertiary alicyclic amines) is 1. The zero-order chi connectivity index (χ0) is 19.9. The van der Waals surface area contributed by atoms with Crippen LogP contribution in [0.25, 0.3) is 11.6 Å². The minimum atomic E-state index is 0.269. The van der Waals surface area contributed by atoms with Gasteiger partial charge in [0.1, 0.15) is 5.69 Å². The topological polar surface area (TPSA) is 72.1 Å². The summed E-state index contributed by atoms with van der Waals surface area (Å²) in [6.45, 7) is 0.861. The molecule has 0 bridgehead atoms. The summed E-state index contributed by atoms with van der Waals surface area (Å²) in [5.41, 5.74) is 1.97. The van der Waals surface area contributed by atoms with E-state index >= 15 is 0 Å². The number of hydrogen-bond acceptors (Lipinski definition) is 5. The van der Waals surface area contributed by atoms with E-state index in [4.69, 9.17) is 4.52 Å². The van der Waals surface area contributed by atoms with Gasteiger partial charge in [0.25, 0.3) is 5.89 Å². The van der Waals surface area contributed by atoms with E-state index in [9.17, 15) is 4.79 Å². The van der Waals surface area contributed by atoms with Crippen molar-refractivity contribution in [1.29, 1.82) is 0 Å². The fraction of sp³-hybridized carbons (Fsp3) is 0.391. The van der Waals surface area contributed by atoms with Gasteiger partial charge in [-0.05, 0) is 49.8 Å². The number of rotatable bonds is 8. The molecule has 1 unspecified atom stereocenters. The van der Waals surface area contributed by atoms with Crippen LogP contribution < -0.4 is 0 Å². The number of pyridine rings is 1. The average molecular weight is 390 g/mol. The van der Waals surface area contributed by atoms with Gasteiger partial charge in [-0.25, -0.2) is 0 Å². The number of benzene rings is 1. The van der Waals surface area contributed by atoms with Gasteiger partial charge in [0.15, 0.2) is 5.82 Å². The highest BCUT2D eigenvalue weighted by molar-refractivity contribution is 5.76. The molecular formula is C23H26N4O2. The lowest BCUT2D eigenvalue weighted by Crippen LogP contribution is -2.35. The summed E-state index contributed by atoms with van der Waals surface area (Å²) in [5, 5.41) is 4.08. The number of aryl methyl sites for hydroxylation is 2. The van der Waals surface area contributed by atoms with Crippen LogP contribution in [-0.4, -0.2) is 38.5 Å². The minimum absolute atomic E-state index is 0.269. The van der Waals surface area contributed by atoms with E-state index in [0.717, 1.165) is 38.6 Å². The van der Waals surface area contributed by atoms with Crippen LogP contribution in [0.2, 0.25) is 0 Å². The monoisotopic (exact) mass is 390 g/mol. The van der Waals surface area contributed by atoms with Crippen LogP contribution in [0.3, 0.4) is 0 Å². The molecule has 1 aromatic carbocycles. The number of hydrogen-bond donors (Lipinski definition) is 0. The van der Waals surface area contributed by atoms with Gasteiger partial charge in [-0.2, -0.15) is 4.98 Å². The Morgan fingerprint density at radius 3 is 2.79 bits per heavy atom. The summed E-state index contributed by atoms with van der Waals surface area (Å²) >= 11 is 0. The number of carbonyl (C=O) groups is 1. The van der Waals surface area contributed by atoms with Crippen molar-refractivity contribution in [1.82, 2.24) is 20.0 Å². The third-order valence-electron chi connectivity index (χ3n) is 5.45. The van der Waals surface area contributed by atoms with E-state index in [1.54, 1.807) is 6.20 Å². The Morgan fingerprint density at radius 2 is 1.97 bits per heavy atom. The molecule has 1 aliphatic heterocycles. The zero-order valence-corrected chi connectivity index (χ0v) is 16.5. The van der Waals surface area contributed by atoms with Crippen molar-refractivity contribution in [3.05, 3.63) is 66.1 Å². The third-order valence-corrected chi connectivity index (χ3v) is 5.45. The predicted molar refractivity (Wildman–Crippen MR) is 110 cm³/mol. The summed E-state index contributed by atoms with van der Waals surface area (Å²) in [7, 11) is 0. The van der Waals surface area contributed by atoms with Crippen LogP contribution in [0.5, 0.6) is 0 Å². The predicted octanol–water partition coefficient (Wildman–Crippen LogP) is 4.08. The zero-order valence-electron chi connectivity index (χ0n) is 16.5. The number of carbonyl (C=O) groups excluding carboxylic acids is 1. The van der Waals surface area contributed by atoms with Gasteiger partial charge in [0.05, 0.1) is 0 Å². The molecule has 0 N–H and O–H groups in total. The van der Waals surface area contributed by atoms with E-state index in [1.807, 2.05) is 36.4 Å². The summed E-state index contributed by atoms with van der Waals surface area (Å²) < 4.78 is 5.33. The molecule has 0 saturated carbocycles. The third kappa shape index (κ3) is 5.08. The molecule has 1 amide bonds. The molecule has 0 radical (unpaired) electrons. The first-order valence-corrected chi connectivity index (χ1v) is 10.4. The first-order chi connectivity index (χ1) is 14.3. The smallest absolute Gasteiger partial charge is 0.276 e. The minimum Gasteiger partial charge on any atom is -0.340 e. The average Bonchev–Trinajstić information content (AvgIpc) is 3.43. The summed E-state index contributed by atoms with van der Waals surface area (Å²) in [4.78, 5) is 23.5. The molecule has 0 spiro atoms. The van der Waals surface area contributed by atoms with Crippen molar-refractivity contribution < 1.29 is 9.32 Å². The van der Waals surface area contributed by atoms with Crippen molar-refractivity contribution in [3.8, 4) is 11.6 Å². The van der Waals surface area contributed by atoms with E-state index in [0.29, 0.717) is 30.3 Å². The SMILES string of the molecule is O=C(CCCc1ccccc1)N1CCCC1CCc1noc(-c2ccccn2)n1. The van der Waals surface area contributed by atoms with Gasteiger partial charge in [0, 0.05) is 31.6 Å². The van der Waals surface area contributed by atoms with Gasteiger partial charge in [-0.3, -0.25) is 9.78 Å². The second-order valence-corrected chi connectivity index (χ2v) is 7.49. The Hall–Kier alpha value is -3.02. The summed E-state index contributed by atoms with van der Waals surface area (Å²) in [5.74, 6) is 1.39. The van der Waals surface area contributed by atoms with E-state index in [1.165, 1.54) is 5.56 Å². The molecule has 1 fully saturated rings. The van der Waals surface area contributed by atoms with Gasteiger partial charge < -0.3 is 9.42 Å². The number of nitrogens with zero attached hydrogens (tertiary/aromatic N) is 4. The molecule has 29 heavy (non-hydrogen) atoms. The Bertz CT molecular complexity index is 911. The second-order valence-electron chi connectivity index (χ2n) is 7.49. The molecule has 1 aliphatic rings. The molecule has 2 aromatic heterocycles. The maximum absolute atomic E-state index is 12.7. The molecule has 4 rings (SSSR count). The lowest BCUT2D eigenvalue weighted by atomic mass is 10.1. The van der Waals surface area contributed by atoms with Crippen molar-refractivity contribution >= 4 is 5.91 Å². The van der Waals surface area contributed by atoms with E-state index < -0.39 is 0 Å². The molecule has 6 nitrogen and oxygen atoms in total. The second kappa shape index (κ2) is 9.45. The summed E-state index contributed by atoms with van der Waals surface area (Å²) in [6.07, 6.45) is 7.85. The highest BCUT2D eigenvalue weighted by Gasteiger charge is 2.28. The fourth-order valence-electron chi connectivity index (χ4n) is 3.94. The van der Waals surface area contributed by atoms with E-state index in [-0.39, 0.29) is 11.9 Å². The molecule has 3 heterocycles. The van der Waals surface area contributed by atoms with Gasteiger partial charge in [0.2, 0.25) is 5.91 Å². The van der Waals surface area contributed by atoms with Crippen LogP contribution in [0.4, 0.5) is 0 Å². The lowest BCUT2D eigenvalue weighted by Gasteiger charge is -2.24. The molecule has 0 aliphatic carbocycles. The van der Waals surface area contributed by atoms with Crippen LogP contribution in [-0.2, 0) is 17.6 Å². The molecule has 6 heteroatoms. The number of amides is 1. The van der Waals surface area contributed by atoms with E-state index in [2.05, 4.69) is 32.2 Å². The van der Waals surface area contributed by atoms with Crippen molar-refractivity contribution in [3.63, 3.8) is 0 Å². The van der Waals surface area contributed by atoms with Gasteiger partial charge in [-0.1, -0.05) is 41.6 Å². The first-order valence-electron chi connectivity index (χ1n) is 10.4. The summed E-state index contributed by atoms with van der Waals surface area (Å²) in [6, 6.07) is 16.2.